The molecule has 90 valence electrons. The highest BCUT2D eigenvalue weighted by Gasteiger charge is 2.30. The number of nitrogens with zero attached hydrogens (tertiary/aromatic N) is 2. The normalized spacial score (nSPS) is 21.2. The van der Waals surface area contributed by atoms with Gasteiger partial charge in [-0.25, -0.2) is 0 Å². The van der Waals surface area contributed by atoms with Crippen LogP contribution in [0.3, 0.4) is 0 Å². The molecule has 1 unspecified atom stereocenters. The van der Waals surface area contributed by atoms with Gasteiger partial charge in [0, 0.05) is 30.4 Å². The Hall–Kier alpha value is -0.830. The largest absolute Gasteiger partial charge is 0.305 e. The molecule has 0 amide bonds. The molecule has 1 N–H and O–H groups in total. The summed E-state index contributed by atoms with van der Waals surface area (Å²) in [5.74, 6) is 0. The molecule has 1 aliphatic carbocycles. The number of rotatable bonds is 4. The second kappa shape index (κ2) is 4.58. The van der Waals surface area contributed by atoms with Crippen molar-refractivity contribution in [3.05, 3.63) is 18.0 Å². The van der Waals surface area contributed by atoms with E-state index in [-0.39, 0.29) is 0 Å². The van der Waals surface area contributed by atoms with Crippen molar-refractivity contribution in [1.82, 2.24) is 15.1 Å². The van der Waals surface area contributed by atoms with Crippen LogP contribution in [0.2, 0.25) is 0 Å². The van der Waals surface area contributed by atoms with Gasteiger partial charge in [-0.1, -0.05) is 19.8 Å². The molecule has 16 heavy (non-hydrogen) atoms. The Morgan fingerprint density at radius 3 is 2.69 bits per heavy atom. The minimum atomic E-state index is 0.344. The van der Waals surface area contributed by atoms with Crippen LogP contribution in [0.25, 0.3) is 0 Å². The summed E-state index contributed by atoms with van der Waals surface area (Å²) in [7, 11) is 1.98. The maximum absolute atomic E-state index is 4.26. The Balaban J connectivity index is 2.05. The van der Waals surface area contributed by atoms with E-state index in [1.165, 1.54) is 31.2 Å². The van der Waals surface area contributed by atoms with E-state index in [2.05, 4.69) is 30.5 Å². The van der Waals surface area contributed by atoms with Crippen molar-refractivity contribution in [2.24, 2.45) is 7.05 Å². The van der Waals surface area contributed by atoms with E-state index in [1.807, 2.05) is 17.9 Å². The van der Waals surface area contributed by atoms with Crippen molar-refractivity contribution >= 4 is 0 Å². The summed E-state index contributed by atoms with van der Waals surface area (Å²) in [6, 6.07) is 0.455. The molecule has 1 heterocycles. The first-order chi connectivity index (χ1) is 7.63. The number of aryl methyl sites for hydroxylation is 1. The highest BCUT2D eigenvalue weighted by molar-refractivity contribution is 5.11. The Kier molecular flexibility index (Phi) is 3.33. The van der Waals surface area contributed by atoms with Crippen LogP contribution in [0, 0.1) is 0 Å². The number of hydrogen-bond donors (Lipinski definition) is 1. The molecule has 1 aromatic rings. The van der Waals surface area contributed by atoms with E-state index >= 15 is 0 Å². The summed E-state index contributed by atoms with van der Waals surface area (Å²) < 4.78 is 1.89. The molecule has 0 bridgehead atoms. The molecule has 0 saturated heterocycles. The molecule has 1 fully saturated rings. The lowest BCUT2D eigenvalue weighted by Gasteiger charge is -2.30. The summed E-state index contributed by atoms with van der Waals surface area (Å²) in [5, 5.41) is 8.08. The van der Waals surface area contributed by atoms with Gasteiger partial charge in [-0.15, -0.1) is 0 Å². The lowest BCUT2D eigenvalue weighted by atomic mass is 9.97. The highest BCUT2D eigenvalue weighted by atomic mass is 15.2. The van der Waals surface area contributed by atoms with Crippen molar-refractivity contribution in [2.45, 2.75) is 57.5 Å². The van der Waals surface area contributed by atoms with Crippen LogP contribution in [0.15, 0.2) is 12.4 Å². The lowest BCUT2D eigenvalue weighted by molar-refractivity contribution is 0.311. The van der Waals surface area contributed by atoms with Gasteiger partial charge in [0.2, 0.25) is 0 Å². The van der Waals surface area contributed by atoms with Gasteiger partial charge in [0.25, 0.3) is 0 Å². The first kappa shape index (κ1) is 11.6. The van der Waals surface area contributed by atoms with Crippen molar-refractivity contribution < 1.29 is 0 Å². The molecular weight excluding hydrogens is 198 g/mol. The van der Waals surface area contributed by atoms with E-state index in [4.69, 9.17) is 0 Å². The van der Waals surface area contributed by atoms with Crippen molar-refractivity contribution in [3.8, 4) is 0 Å². The molecule has 0 aromatic carbocycles. The summed E-state index contributed by atoms with van der Waals surface area (Å²) in [5.41, 5.74) is 1.66. The van der Waals surface area contributed by atoms with Crippen molar-refractivity contribution in [1.29, 1.82) is 0 Å². The smallest absolute Gasteiger partial charge is 0.0537 e. The minimum Gasteiger partial charge on any atom is -0.305 e. The van der Waals surface area contributed by atoms with Crippen LogP contribution < -0.4 is 5.32 Å². The maximum atomic E-state index is 4.26. The van der Waals surface area contributed by atoms with Crippen LogP contribution in [0.5, 0.6) is 0 Å². The second-order valence-electron chi connectivity index (χ2n) is 5.32. The molecule has 1 atom stereocenters. The molecule has 1 saturated carbocycles. The Morgan fingerprint density at radius 1 is 1.50 bits per heavy atom. The third-order valence-corrected chi connectivity index (χ3v) is 3.77. The number of nitrogens with one attached hydrogen (secondary N) is 1. The zero-order valence-corrected chi connectivity index (χ0v) is 10.7. The third kappa shape index (κ3) is 2.46. The van der Waals surface area contributed by atoms with Gasteiger partial charge >= 0.3 is 0 Å². The van der Waals surface area contributed by atoms with Gasteiger partial charge in [0.05, 0.1) is 6.20 Å². The number of aromatic nitrogens is 2. The fourth-order valence-electron chi connectivity index (χ4n) is 2.76. The Labute approximate surface area is 98.2 Å². The van der Waals surface area contributed by atoms with Crippen molar-refractivity contribution in [2.75, 3.05) is 0 Å². The van der Waals surface area contributed by atoms with Crippen LogP contribution in [-0.4, -0.2) is 15.3 Å². The van der Waals surface area contributed by atoms with Gasteiger partial charge in [-0.05, 0) is 26.2 Å². The topological polar surface area (TPSA) is 29.9 Å². The van der Waals surface area contributed by atoms with E-state index in [1.54, 1.807) is 0 Å². The summed E-state index contributed by atoms with van der Waals surface area (Å²) >= 11 is 0. The van der Waals surface area contributed by atoms with Gasteiger partial charge in [-0.2, -0.15) is 5.10 Å². The highest BCUT2D eigenvalue weighted by Crippen LogP contribution is 2.32. The fourth-order valence-corrected chi connectivity index (χ4v) is 2.76. The molecule has 0 spiro atoms. The molecule has 3 heteroatoms. The molecule has 0 radical (unpaired) electrons. The third-order valence-electron chi connectivity index (χ3n) is 3.77. The van der Waals surface area contributed by atoms with Gasteiger partial charge in [0.1, 0.15) is 0 Å². The molecule has 0 aliphatic heterocycles. The summed E-state index contributed by atoms with van der Waals surface area (Å²) in [4.78, 5) is 0. The number of hydrogen-bond acceptors (Lipinski definition) is 2. The van der Waals surface area contributed by atoms with E-state index in [0.717, 1.165) is 6.42 Å². The monoisotopic (exact) mass is 221 g/mol. The summed E-state index contributed by atoms with van der Waals surface area (Å²) in [6.45, 7) is 4.60. The van der Waals surface area contributed by atoms with Crippen LogP contribution in [0.4, 0.5) is 0 Å². The SMILES string of the molecule is CCC(NC1(C)CCCC1)c1cnn(C)c1. The maximum Gasteiger partial charge on any atom is 0.0537 e. The predicted molar refractivity (Wildman–Crippen MR) is 66.2 cm³/mol. The van der Waals surface area contributed by atoms with E-state index in [9.17, 15) is 0 Å². The van der Waals surface area contributed by atoms with Crippen LogP contribution in [-0.2, 0) is 7.05 Å². The van der Waals surface area contributed by atoms with E-state index < -0.39 is 0 Å². The standard InChI is InChI=1S/C13H23N3/c1-4-12(11-9-14-16(3)10-11)15-13(2)7-5-6-8-13/h9-10,12,15H,4-8H2,1-3H3. The average molecular weight is 221 g/mol. The second-order valence-corrected chi connectivity index (χ2v) is 5.32. The van der Waals surface area contributed by atoms with Gasteiger partial charge < -0.3 is 5.32 Å². The van der Waals surface area contributed by atoms with Crippen LogP contribution in [0.1, 0.15) is 57.6 Å². The quantitative estimate of drug-likeness (QED) is 0.847. The Bertz CT molecular complexity index is 337. The molecular formula is C13H23N3. The molecule has 1 aliphatic rings. The first-order valence-electron chi connectivity index (χ1n) is 6.39. The van der Waals surface area contributed by atoms with E-state index in [0.29, 0.717) is 11.6 Å². The lowest BCUT2D eigenvalue weighted by Crippen LogP contribution is -2.41. The molecule has 1 aromatic heterocycles. The average Bonchev–Trinajstić information content (AvgIpc) is 2.85. The first-order valence-corrected chi connectivity index (χ1v) is 6.39. The van der Waals surface area contributed by atoms with Crippen LogP contribution >= 0.6 is 0 Å². The Morgan fingerprint density at radius 2 is 2.19 bits per heavy atom. The fraction of sp³-hybridized carbons (Fsp3) is 0.769. The molecule has 2 rings (SSSR count). The predicted octanol–water partition coefficient (Wildman–Crippen LogP) is 2.79. The zero-order valence-electron chi connectivity index (χ0n) is 10.7. The minimum absolute atomic E-state index is 0.344. The van der Waals surface area contributed by atoms with Gasteiger partial charge in [0.15, 0.2) is 0 Å². The van der Waals surface area contributed by atoms with Crippen molar-refractivity contribution in [3.63, 3.8) is 0 Å². The van der Waals surface area contributed by atoms with Gasteiger partial charge in [-0.3, -0.25) is 4.68 Å². The summed E-state index contributed by atoms with van der Waals surface area (Å²) in [6.07, 6.45) is 10.6. The zero-order chi connectivity index (χ0) is 11.6. The molecule has 3 nitrogen and oxygen atoms in total.